The predicted molar refractivity (Wildman–Crippen MR) is 81.4 cm³/mol. The van der Waals surface area contributed by atoms with Crippen LogP contribution in [-0.2, 0) is 34.6 Å². The quantitative estimate of drug-likeness (QED) is 0.557. The molecule has 2 aliphatic heterocycles. The van der Waals surface area contributed by atoms with Gasteiger partial charge in [-0.05, 0) is 18.2 Å². The molecule has 0 aromatic heterocycles. The third-order valence-corrected chi connectivity index (χ3v) is 3.90. The second-order valence-corrected chi connectivity index (χ2v) is 5.58. The number of alkyl halides is 4. The van der Waals surface area contributed by atoms with Crippen LogP contribution >= 0.6 is 0 Å². The van der Waals surface area contributed by atoms with E-state index in [1.165, 1.54) is 0 Å². The molecule has 0 unspecified atom stereocenters. The lowest BCUT2D eigenvalue weighted by Gasteiger charge is -2.34. The summed E-state index contributed by atoms with van der Waals surface area (Å²) in [7, 11) is 2.14. The number of hydrogen-bond donors (Lipinski definition) is 0. The van der Waals surface area contributed by atoms with Gasteiger partial charge in [-0.2, -0.15) is 8.78 Å². The molecule has 0 aliphatic carbocycles. The topological polar surface area (TPSA) is 83.5 Å². The van der Waals surface area contributed by atoms with Crippen LogP contribution in [-0.4, -0.2) is 45.8 Å². The number of benzene rings is 1. The molecule has 2 aliphatic rings. The maximum atomic E-state index is 14.0. The molecular formula is C16H13F4NO7. The average Bonchev–Trinajstić information content (AvgIpc) is 2.64. The summed E-state index contributed by atoms with van der Waals surface area (Å²) < 4.78 is 76.3. The Balaban J connectivity index is 2.10. The smallest absolute Gasteiger partial charge is 0.466 e. The first-order chi connectivity index (χ1) is 13.1. The number of ether oxygens (including phenoxy) is 5. The molecule has 0 N–H and O–H groups in total. The van der Waals surface area contributed by atoms with Gasteiger partial charge < -0.3 is 23.8 Å². The molecule has 152 valence electrons. The lowest BCUT2D eigenvalue weighted by Crippen LogP contribution is -2.42. The van der Waals surface area contributed by atoms with Crippen LogP contribution < -0.4 is 9.64 Å². The van der Waals surface area contributed by atoms with Crippen molar-refractivity contribution in [1.82, 2.24) is 0 Å². The number of carbonyl (C=O) groups excluding carboxylic acids is 2. The summed E-state index contributed by atoms with van der Waals surface area (Å²) in [6, 6.07) is 2.76. The van der Waals surface area contributed by atoms with Gasteiger partial charge in [-0.3, -0.25) is 0 Å². The number of carbonyl (C=O) groups is 2. The summed E-state index contributed by atoms with van der Waals surface area (Å²) in [4.78, 5) is 25.2. The molecule has 0 bridgehead atoms. The van der Waals surface area contributed by atoms with Crippen LogP contribution in [0.4, 0.5) is 23.2 Å². The van der Waals surface area contributed by atoms with E-state index in [4.69, 9.17) is 4.74 Å². The van der Waals surface area contributed by atoms with Crippen LogP contribution in [0.15, 0.2) is 29.5 Å². The highest BCUT2D eigenvalue weighted by molar-refractivity contribution is 6.03. The van der Waals surface area contributed by atoms with E-state index in [1.807, 2.05) is 0 Å². The molecule has 0 saturated heterocycles. The molecule has 28 heavy (non-hydrogen) atoms. The summed E-state index contributed by atoms with van der Waals surface area (Å²) in [5.41, 5.74) is -1.58. The fourth-order valence-electron chi connectivity index (χ4n) is 2.70. The van der Waals surface area contributed by atoms with Crippen LogP contribution in [0.5, 0.6) is 5.75 Å². The number of methoxy groups -OCH3 is 2. The summed E-state index contributed by atoms with van der Waals surface area (Å²) in [6.45, 7) is -0.597. The Hall–Kier alpha value is -2.86. The third kappa shape index (κ3) is 3.47. The Morgan fingerprint density at radius 1 is 1.11 bits per heavy atom. The number of esters is 2. The second kappa shape index (κ2) is 6.95. The molecule has 0 radical (unpaired) electrons. The van der Waals surface area contributed by atoms with Crippen molar-refractivity contribution in [2.75, 3.05) is 32.5 Å². The monoisotopic (exact) mass is 407 g/mol. The number of nitrogens with zero attached hydrogens (tertiary/aromatic N) is 1. The van der Waals surface area contributed by atoms with E-state index in [2.05, 4.69) is 18.9 Å². The normalized spacial score (nSPS) is 20.1. The van der Waals surface area contributed by atoms with Gasteiger partial charge in [-0.1, -0.05) is 0 Å². The SMILES string of the molecule is COC(=O)C1=C(C(=O)OC)N(c2ccc3c(c2)C(F)(F)OC(F)(F)O3)COC1. The molecule has 8 nitrogen and oxygen atoms in total. The summed E-state index contributed by atoms with van der Waals surface area (Å²) in [6.07, 6.45) is -8.88. The Morgan fingerprint density at radius 2 is 1.79 bits per heavy atom. The molecule has 0 amide bonds. The first-order valence-corrected chi connectivity index (χ1v) is 7.64. The molecule has 3 rings (SSSR count). The van der Waals surface area contributed by atoms with Crippen molar-refractivity contribution in [2.24, 2.45) is 0 Å². The highest BCUT2D eigenvalue weighted by atomic mass is 19.3. The Bertz CT molecular complexity index is 855. The first kappa shape index (κ1) is 19.9. The maximum Gasteiger partial charge on any atom is 0.540 e. The van der Waals surface area contributed by atoms with Gasteiger partial charge in [-0.25, -0.2) is 14.3 Å². The van der Waals surface area contributed by atoms with Crippen molar-refractivity contribution >= 4 is 17.6 Å². The molecule has 0 atom stereocenters. The third-order valence-electron chi connectivity index (χ3n) is 3.90. The van der Waals surface area contributed by atoms with Crippen molar-refractivity contribution in [2.45, 2.75) is 12.4 Å². The van der Waals surface area contributed by atoms with Crippen molar-refractivity contribution in [1.29, 1.82) is 0 Å². The van der Waals surface area contributed by atoms with Crippen LogP contribution in [0.1, 0.15) is 5.56 Å². The zero-order chi connectivity index (χ0) is 20.7. The number of hydrogen-bond acceptors (Lipinski definition) is 8. The standard InChI is InChI=1S/C16H13F4NO7/c1-24-13(22)9-6-26-7-21(12(9)14(23)25-2)8-3-4-11-10(5-8)15(17,18)28-16(19,20)27-11/h3-5H,6-7H2,1-2H3. The van der Waals surface area contributed by atoms with Gasteiger partial charge >= 0.3 is 24.3 Å². The number of fused-ring (bicyclic) bond motifs is 1. The van der Waals surface area contributed by atoms with Crippen LogP contribution in [0.25, 0.3) is 0 Å². The summed E-state index contributed by atoms with van der Waals surface area (Å²) >= 11 is 0. The van der Waals surface area contributed by atoms with Crippen LogP contribution in [0.2, 0.25) is 0 Å². The molecule has 2 heterocycles. The minimum Gasteiger partial charge on any atom is -0.466 e. The molecule has 0 saturated carbocycles. The molecule has 1 aromatic rings. The number of rotatable bonds is 3. The molecule has 1 aromatic carbocycles. The largest absolute Gasteiger partial charge is 0.540 e. The minimum absolute atomic E-state index is 0.0858. The van der Waals surface area contributed by atoms with E-state index in [0.717, 1.165) is 37.3 Å². The second-order valence-electron chi connectivity index (χ2n) is 5.58. The molecule has 12 heteroatoms. The van der Waals surface area contributed by atoms with E-state index < -0.39 is 35.7 Å². The van der Waals surface area contributed by atoms with Gasteiger partial charge in [0.05, 0.1) is 32.0 Å². The van der Waals surface area contributed by atoms with Gasteiger partial charge in [0.15, 0.2) is 0 Å². The number of anilines is 1. The predicted octanol–water partition coefficient (Wildman–Crippen LogP) is 2.09. The Labute approximate surface area is 155 Å². The Morgan fingerprint density at radius 3 is 2.43 bits per heavy atom. The van der Waals surface area contributed by atoms with Gasteiger partial charge in [-0.15, -0.1) is 8.78 Å². The fourth-order valence-corrected chi connectivity index (χ4v) is 2.70. The van der Waals surface area contributed by atoms with E-state index >= 15 is 0 Å². The fraction of sp³-hybridized carbons (Fsp3) is 0.375. The lowest BCUT2D eigenvalue weighted by molar-refractivity contribution is -0.461. The lowest BCUT2D eigenvalue weighted by atomic mass is 10.1. The van der Waals surface area contributed by atoms with Crippen molar-refractivity contribution < 1.29 is 50.8 Å². The summed E-state index contributed by atoms with van der Waals surface area (Å²) in [5, 5.41) is 0. The highest BCUT2D eigenvalue weighted by Crippen LogP contribution is 2.47. The molecule has 0 fully saturated rings. The van der Waals surface area contributed by atoms with Crippen molar-refractivity contribution in [3.63, 3.8) is 0 Å². The first-order valence-electron chi connectivity index (χ1n) is 7.64. The minimum atomic E-state index is -4.51. The van der Waals surface area contributed by atoms with Gasteiger partial charge in [0.2, 0.25) is 0 Å². The number of halogens is 4. The van der Waals surface area contributed by atoms with E-state index in [0.29, 0.717) is 0 Å². The summed E-state index contributed by atoms with van der Waals surface area (Å²) in [5.74, 6) is -2.65. The van der Waals surface area contributed by atoms with Gasteiger partial charge in [0.1, 0.15) is 18.2 Å². The average molecular weight is 407 g/mol. The van der Waals surface area contributed by atoms with E-state index in [1.54, 1.807) is 0 Å². The van der Waals surface area contributed by atoms with Crippen LogP contribution in [0.3, 0.4) is 0 Å². The van der Waals surface area contributed by atoms with E-state index in [9.17, 15) is 27.2 Å². The zero-order valence-corrected chi connectivity index (χ0v) is 14.5. The zero-order valence-electron chi connectivity index (χ0n) is 14.5. The van der Waals surface area contributed by atoms with Crippen molar-refractivity contribution in [3.05, 3.63) is 35.0 Å². The van der Waals surface area contributed by atoms with Gasteiger partial charge in [0.25, 0.3) is 0 Å². The van der Waals surface area contributed by atoms with Crippen LogP contribution in [0, 0.1) is 0 Å². The van der Waals surface area contributed by atoms with E-state index in [-0.39, 0.29) is 30.3 Å². The molecule has 0 spiro atoms. The maximum absolute atomic E-state index is 14.0. The highest BCUT2D eigenvalue weighted by Gasteiger charge is 2.54. The Kier molecular flexibility index (Phi) is 4.93. The van der Waals surface area contributed by atoms with Gasteiger partial charge in [0, 0.05) is 5.69 Å². The van der Waals surface area contributed by atoms with Crippen molar-refractivity contribution in [3.8, 4) is 5.75 Å². The molecular weight excluding hydrogens is 394 g/mol.